The molecule has 0 bridgehead atoms. The lowest BCUT2D eigenvalue weighted by Crippen LogP contribution is -2.26. The van der Waals surface area contributed by atoms with Crippen molar-refractivity contribution >= 4 is 39.7 Å². The fourth-order valence-electron chi connectivity index (χ4n) is 1.77. The minimum Gasteiger partial charge on any atom is -0.478 e. The van der Waals surface area contributed by atoms with Gasteiger partial charge in [-0.15, -0.1) is 11.3 Å². The zero-order valence-corrected chi connectivity index (χ0v) is 13.0. The highest BCUT2D eigenvalue weighted by molar-refractivity contribution is 7.14. The number of amides is 1. The second-order valence-electron chi connectivity index (χ2n) is 4.24. The fraction of sp³-hybridized carbons (Fsp3) is 0.308. The average Bonchev–Trinajstić information content (AvgIpc) is 3.03. The van der Waals surface area contributed by atoms with E-state index < -0.39 is 5.97 Å². The molecule has 5 nitrogen and oxygen atoms in total. The van der Waals surface area contributed by atoms with Crippen LogP contribution in [0.4, 0.5) is 5.00 Å². The van der Waals surface area contributed by atoms with E-state index in [1.807, 2.05) is 13.0 Å². The summed E-state index contributed by atoms with van der Waals surface area (Å²) in [6.45, 7) is 3.65. The number of rotatable bonds is 4. The number of carboxylic acids is 1. The molecular weight excluding hydrogens is 296 g/mol. The molecule has 0 aromatic carbocycles. The summed E-state index contributed by atoms with van der Waals surface area (Å²) in [6.07, 6.45) is 0.877. The van der Waals surface area contributed by atoms with E-state index >= 15 is 0 Å². The standard InChI is InChI=1S/C13H14N2O3S2/c1-4-8-5-6-9(19-8)11(16)15(3)12-10(13(17)18)7(2)14-20-12/h5-6H,4H2,1-3H3,(H,17,18). The minimum atomic E-state index is -1.06. The maximum absolute atomic E-state index is 12.4. The van der Waals surface area contributed by atoms with Crippen molar-refractivity contribution in [2.45, 2.75) is 20.3 Å². The number of aromatic carboxylic acids is 1. The van der Waals surface area contributed by atoms with Crippen molar-refractivity contribution in [2.75, 3.05) is 11.9 Å². The van der Waals surface area contributed by atoms with Gasteiger partial charge >= 0.3 is 5.97 Å². The quantitative estimate of drug-likeness (QED) is 0.942. The molecule has 2 aromatic heterocycles. The van der Waals surface area contributed by atoms with Crippen LogP contribution in [0.15, 0.2) is 12.1 Å². The van der Waals surface area contributed by atoms with Crippen molar-refractivity contribution in [1.29, 1.82) is 0 Å². The van der Waals surface area contributed by atoms with E-state index in [0.29, 0.717) is 15.6 Å². The van der Waals surface area contributed by atoms with Crippen LogP contribution in [0.25, 0.3) is 0 Å². The summed E-state index contributed by atoms with van der Waals surface area (Å²) < 4.78 is 4.03. The van der Waals surface area contributed by atoms with Crippen molar-refractivity contribution < 1.29 is 14.7 Å². The zero-order valence-electron chi connectivity index (χ0n) is 11.3. The van der Waals surface area contributed by atoms with Crippen LogP contribution in [0.3, 0.4) is 0 Å². The van der Waals surface area contributed by atoms with Gasteiger partial charge in [-0.05, 0) is 37.0 Å². The SMILES string of the molecule is CCc1ccc(C(=O)N(C)c2snc(C)c2C(=O)O)s1. The van der Waals surface area contributed by atoms with Gasteiger partial charge in [-0.1, -0.05) is 6.92 Å². The van der Waals surface area contributed by atoms with Crippen molar-refractivity contribution in [3.63, 3.8) is 0 Å². The Balaban J connectivity index is 2.33. The van der Waals surface area contributed by atoms with Crippen molar-refractivity contribution in [2.24, 2.45) is 0 Å². The first-order valence-corrected chi connectivity index (χ1v) is 7.61. The highest BCUT2D eigenvalue weighted by atomic mass is 32.1. The number of hydrogen-bond donors (Lipinski definition) is 1. The van der Waals surface area contributed by atoms with Gasteiger partial charge in [0.15, 0.2) is 0 Å². The van der Waals surface area contributed by atoms with E-state index in [2.05, 4.69) is 4.37 Å². The Morgan fingerprint density at radius 2 is 2.10 bits per heavy atom. The van der Waals surface area contributed by atoms with E-state index in [1.165, 1.54) is 16.2 Å². The van der Waals surface area contributed by atoms with E-state index in [4.69, 9.17) is 0 Å². The molecule has 0 radical (unpaired) electrons. The summed E-state index contributed by atoms with van der Waals surface area (Å²) in [6, 6.07) is 3.69. The van der Waals surface area contributed by atoms with Crippen molar-refractivity contribution in [1.82, 2.24) is 4.37 Å². The Bertz CT molecular complexity index is 660. The summed E-state index contributed by atoms with van der Waals surface area (Å²) in [5.41, 5.74) is 0.524. The number of carboxylic acid groups (broad SMARTS) is 1. The number of aromatic nitrogens is 1. The minimum absolute atomic E-state index is 0.0955. The normalized spacial score (nSPS) is 10.6. The van der Waals surface area contributed by atoms with Crippen LogP contribution in [0.2, 0.25) is 0 Å². The van der Waals surface area contributed by atoms with Gasteiger partial charge in [0.05, 0.1) is 10.6 Å². The van der Waals surface area contributed by atoms with Gasteiger partial charge in [-0.3, -0.25) is 4.79 Å². The average molecular weight is 310 g/mol. The van der Waals surface area contributed by atoms with Gasteiger partial charge in [0.25, 0.3) is 5.91 Å². The third-order valence-corrected chi connectivity index (χ3v) is 5.12. The first-order chi connectivity index (χ1) is 9.45. The van der Waals surface area contributed by atoms with Crippen LogP contribution in [-0.4, -0.2) is 28.4 Å². The Kier molecular flexibility index (Phi) is 4.20. The molecule has 0 atom stereocenters. The molecule has 1 amide bonds. The molecule has 0 aliphatic rings. The molecule has 1 N–H and O–H groups in total. The summed E-state index contributed by atoms with van der Waals surface area (Å²) in [5, 5.41) is 9.58. The van der Waals surface area contributed by atoms with Crippen LogP contribution in [-0.2, 0) is 6.42 Å². The third kappa shape index (κ3) is 2.59. The van der Waals surface area contributed by atoms with Crippen molar-refractivity contribution in [3.05, 3.63) is 33.1 Å². The summed E-state index contributed by atoms with van der Waals surface area (Å²) in [4.78, 5) is 26.7. The highest BCUT2D eigenvalue weighted by Gasteiger charge is 2.25. The van der Waals surface area contributed by atoms with Crippen LogP contribution < -0.4 is 4.90 Å². The number of carbonyl (C=O) groups excluding carboxylic acids is 1. The van der Waals surface area contributed by atoms with Gasteiger partial charge in [-0.25, -0.2) is 4.79 Å². The fourth-order valence-corrected chi connectivity index (χ4v) is 3.54. The molecule has 0 unspecified atom stereocenters. The Hall–Kier alpha value is -1.73. The number of hydrogen-bond acceptors (Lipinski definition) is 5. The van der Waals surface area contributed by atoms with E-state index in [9.17, 15) is 14.7 Å². The van der Waals surface area contributed by atoms with Gasteiger partial charge in [0, 0.05) is 11.9 Å². The van der Waals surface area contributed by atoms with Crippen LogP contribution in [0.1, 0.15) is 37.5 Å². The summed E-state index contributed by atoms with van der Waals surface area (Å²) in [5.74, 6) is -1.27. The van der Waals surface area contributed by atoms with Gasteiger partial charge in [0.1, 0.15) is 10.6 Å². The topological polar surface area (TPSA) is 70.5 Å². The first-order valence-electron chi connectivity index (χ1n) is 6.02. The first kappa shape index (κ1) is 14.7. The molecule has 0 spiro atoms. The maximum atomic E-state index is 12.4. The molecule has 20 heavy (non-hydrogen) atoms. The monoisotopic (exact) mass is 310 g/mol. The highest BCUT2D eigenvalue weighted by Crippen LogP contribution is 2.30. The number of aryl methyl sites for hydroxylation is 2. The summed E-state index contributed by atoms with van der Waals surface area (Å²) in [7, 11) is 1.58. The molecule has 0 saturated heterocycles. The maximum Gasteiger partial charge on any atom is 0.340 e. The lowest BCUT2D eigenvalue weighted by atomic mass is 10.2. The Labute approximate surface area is 124 Å². The summed E-state index contributed by atoms with van der Waals surface area (Å²) >= 11 is 2.46. The predicted octanol–water partition coefficient (Wildman–Crippen LogP) is 3.05. The van der Waals surface area contributed by atoms with Gasteiger partial charge in [0.2, 0.25) is 0 Å². The van der Waals surface area contributed by atoms with Gasteiger partial charge < -0.3 is 10.0 Å². The molecule has 0 aliphatic carbocycles. The molecular formula is C13H14N2O3S2. The van der Waals surface area contributed by atoms with E-state index in [1.54, 1.807) is 20.0 Å². The second-order valence-corrected chi connectivity index (χ2v) is 6.16. The van der Waals surface area contributed by atoms with E-state index in [-0.39, 0.29) is 11.5 Å². The predicted molar refractivity (Wildman–Crippen MR) is 80.2 cm³/mol. The molecule has 2 aromatic rings. The Morgan fingerprint density at radius 1 is 1.40 bits per heavy atom. The lowest BCUT2D eigenvalue weighted by molar-refractivity contribution is 0.0697. The van der Waals surface area contributed by atoms with Crippen LogP contribution in [0, 0.1) is 6.92 Å². The number of thiophene rings is 1. The zero-order chi connectivity index (χ0) is 14.9. The van der Waals surface area contributed by atoms with Crippen LogP contribution in [0.5, 0.6) is 0 Å². The largest absolute Gasteiger partial charge is 0.478 e. The Morgan fingerprint density at radius 3 is 2.65 bits per heavy atom. The molecule has 106 valence electrons. The molecule has 0 aliphatic heterocycles. The molecule has 0 fully saturated rings. The molecule has 2 rings (SSSR count). The van der Waals surface area contributed by atoms with Gasteiger partial charge in [-0.2, -0.15) is 4.37 Å². The molecule has 7 heteroatoms. The lowest BCUT2D eigenvalue weighted by Gasteiger charge is -2.14. The second kappa shape index (κ2) is 5.72. The third-order valence-electron chi connectivity index (χ3n) is 2.89. The van der Waals surface area contributed by atoms with E-state index in [0.717, 1.165) is 22.8 Å². The molecule has 2 heterocycles. The smallest absolute Gasteiger partial charge is 0.340 e. The van der Waals surface area contributed by atoms with Crippen molar-refractivity contribution in [3.8, 4) is 0 Å². The molecule has 0 saturated carbocycles. The number of anilines is 1. The number of nitrogens with zero attached hydrogens (tertiary/aromatic N) is 2. The number of carbonyl (C=O) groups is 2. The van der Waals surface area contributed by atoms with Crippen LogP contribution >= 0.6 is 22.9 Å².